The summed E-state index contributed by atoms with van der Waals surface area (Å²) in [7, 11) is 0. The van der Waals surface area contributed by atoms with E-state index >= 15 is 0 Å². The fraction of sp³-hybridized carbons (Fsp3) is 0.733. The van der Waals surface area contributed by atoms with Crippen molar-refractivity contribution >= 4 is 17.2 Å². The van der Waals surface area contributed by atoms with E-state index in [-0.39, 0.29) is 5.91 Å². The van der Waals surface area contributed by atoms with Gasteiger partial charge in [-0.2, -0.15) is 0 Å². The molecule has 0 radical (unpaired) electrons. The maximum atomic E-state index is 12.4. The predicted molar refractivity (Wildman–Crippen MR) is 80.7 cm³/mol. The molecule has 2 heterocycles. The number of likely N-dealkylation sites (tertiary alicyclic amines) is 1. The van der Waals surface area contributed by atoms with Crippen LogP contribution in [0.25, 0.3) is 0 Å². The second-order valence-electron chi connectivity index (χ2n) is 6.18. The quantitative estimate of drug-likeness (QED) is 0.912. The first kappa shape index (κ1) is 14.0. The summed E-state index contributed by atoms with van der Waals surface area (Å²) in [5.41, 5.74) is 6.68. The molecule has 110 valence electrons. The maximum Gasteiger partial charge on any atom is 0.273 e. The smallest absolute Gasteiger partial charge is 0.273 e. The fourth-order valence-electron chi connectivity index (χ4n) is 3.65. The van der Waals surface area contributed by atoms with Crippen molar-refractivity contribution in [2.24, 2.45) is 11.1 Å². The average molecular weight is 293 g/mol. The second-order valence-corrected chi connectivity index (χ2v) is 7.13. The van der Waals surface area contributed by atoms with E-state index in [0.29, 0.717) is 17.7 Å². The Morgan fingerprint density at radius 3 is 2.55 bits per heavy atom. The van der Waals surface area contributed by atoms with Crippen LogP contribution < -0.4 is 5.73 Å². The Kier molecular flexibility index (Phi) is 4.08. The van der Waals surface area contributed by atoms with Crippen LogP contribution in [0.15, 0.2) is 5.38 Å². The van der Waals surface area contributed by atoms with E-state index in [0.717, 1.165) is 18.1 Å². The van der Waals surface area contributed by atoms with Crippen molar-refractivity contribution < 1.29 is 4.79 Å². The number of nitrogens with zero attached hydrogens (tertiary/aromatic N) is 2. The molecule has 1 saturated carbocycles. The lowest BCUT2D eigenvalue weighted by molar-refractivity contribution is 0.0468. The lowest BCUT2D eigenvalue weighted by Crippen LogP contribution is -2.44. The molecule has 20 heavy (non-hydrogen) atoms. The van der Waals surface area contributed by atoms with Gasteiger partial charge in [0.2, 0.25) is 0 Å². The van der Waals surface area contributed by atoms with E-state index in [4.69, 9.17) is 5.73 Å². The molecule has 2 fully saturated rings. The number of thiazole rings is 1. The van der Waals surface area contributed by atoms with Gasteiger partial charge in [-0.1, -0.05) is 19.3 Å². The molecule has 2 N–H and O–H groups in total. The van der Waals surface area contributed by atoms with Crippen molar-refractivity contribution in [2.45, 2.75) is 51.5 Å². The molecule has 1 aliphatic carbocycles. The molecule has 0 aromatic carbocycles. The van der Waals surface area contributed by atoms with Crippen LogP contribution in [0.3, 0.4) is 0 Å². The van der Waals surface area contributed by atoms with E-state index in [2.05, 4.69) is 4.98 Å². The molecule has 0 unspecified atom stereocenters. The molecule has 4 nitrogen and oxygen atoms in total. The lowest BCUT2D eigenvalue weighted by Gasteiger charge is -2.44. The van der Waals surface area contributed by atoms with Gasteiger partial charge in [-0.15, -0.1) is 11.3 Å². The monoisotopic (exact) mass is 293 g/mol. The molecule has 0 atom stereocenters. The Balaban J connectivity index is 1.61. The number of nitrogens with two attached hydrogens (primary N) is 1. The highest BCUT2D eigenvalue weighted by atomic mass is 32.1. The number of piperidine rings is 1. The first-order chi connectivity index (χ1) is 9.72. The summed E-state index contributed by atoms with van der Waals surface area (Å²) in [6.07, 6.45) is 9.22. The highest BCUT2D eigenvalue weighted by molar-refractivity contribution is 7.09. The number of amides is 1. The van der Waals surface area contributed by atoms with Crippen molar-refractivity contribution in [3.05, 3.63) is 16.1 Å². The van der Waals surface area contributed by atoms with Crippen LogP contribution in [0.1, 0.15) is 60.4 Å². The van der Waals surface area contributed by atoms with Gasteiger partial charge in [0.05, 0.1) is 0 Å². The average Bonchev–Trinajstić information content (AvgIpc) is 2.97. The van der Waals surface area contributed by atoms with Crippen LogP contribution in [-0.4, -0.2) is 28.9 Å². The highest BCUT2D eigenvalue weighted by Gasteiger charge is 2.37. The summed E-state index contributed by atoms with van der Waals surface area (Å²) in [5.74, 6) is 0.0895. The van der Waals surface area contributed by atoms with Gasteiger partial charge in [-0.05, 0) is 31.1 Å². The molecule has 0 bridgehead atoms. The van der Waals surface area contributed by atoms with Crippen molar-refractivity contribution in [2.75, 3.05) is 13.1 Å². The van der Waals surface area contributed by atoms with Gasteiger partial charge in [0, 0.05) is 25.0 Å². The van der Waals surface area contributed by atoms with Gasteiger partial charge >= 0.3 is 0 Å². The standard InChI is InChI=1S/C15H23N3OS/c16-10-13-17-12(11-20-13)14(19)18-8-6-15(7-9-18)4-2-1-3-5-15/h11H,1-10,16H2. The highest BCUT2D eigenvalue weighted by Crippen LogP contribution is 2.44. The van der Waals surface area contributed by atoms with Gasteiger partial charge in [-0.25, -0.2) is 4.98 Å². The van der Waals surface area contributed by atoms with Crippen molar-refractivity contribution in [3.8, 4) is 0 Å². The molecule has 1 amide bonds. The third-order valence-corrected chi connectivity index (χ3v) is 5.84. The summed E-state index contributed by atoms with van der Waals surface area (Å²) in [6, 6.07) is 0. The third kappa shape index (κ3) is 2.74. The normalized spacial score (nSPS) is 22.1. The zero-order valence-electron chi connectivity index (χ0n) is 11.9. The van der Waals surface area contributed by atoms with Crippen molar-refractivity contribution in [1.29, 1.82) is 0 Å². The van der Waals surface area contributed by atoms with Crippen molar-refractivity contribution in [1.82, 2.24) is 9.88 Å². The topological polar surface area (TPSA) is 59.2 Å². The van der Waals surface area contributed by atoms with Crippen LogP contribution in [0.2, 0.25) is 0 Å². The Hall–Kier alpha value is -0.940. The largest absolute Gasteiger partial charge is 0.337 e. The number of hydrogen-bond acceptors (Lipinski definition) is 4. The van der Waals surface area contributed by atoms with Crippen LogP contribution >= 0.6 is 11.3 Å². The SMILES string of the molecule is NCc1nc(C(=O)N2CCC3(CCCCC3)CC2)cs1. The number of hydrogen-bond donors (Lipinski definition) is 1. The van der Waals surface area contributed by atoms with E-state index in [1.54, 1.807) is 0 Å². The first-order valence-electron chi connectivity index (χ1n) is 7.66. The summed E-state index contributed by atoms with van der Waals surface area (Å²) in [5, 5.41) is 2.68. The van der Waals surface area contributed by atoms with Crippen LogP contribution in [0, 0.1) is 5.41 Å². The van der Waals surface area contributed by atoms with Gasteiger partial charge in [0.1, 0.15) is 10.7 Å². The number of aromatic nitrogens is 1. The molecule has 1 aromatic heterocycles. The molecule has 1 saturated heterocycles. The summed E-state index contributed by atoms with van der Waals surface area (Å²) >= 11 is 1.48. The molecular weight excluding hydrogens is 270 g/mol. The number of rotatable bonds is 2. The van der Waals surface area contributed by atoms with E-state index < -0.39 is 0 Å². The second kappa shape index (κ2) is 5.82. The third-order valence-electron chi connectivity index (χ3n) is 4.97. The summed E-state index contributed by atoms with van der Waals surface area (Å²) < 4.78 is 0. The molecular formula is C15H23N3OS. The number of carbonyl (C=O) groups is 1. The molecule has 3 rings (SSSR count). The predicted octanol–water partition coefficient (Wildman–Crippen LogP) is 2.79. The zero-order chi connectivity index (χ0) is 14.0. The summed E-state index contributed by atoms with van der Waals surface area (Å²) in [6.45, 7) is 2.21. The molecule has 1 aliphatic heterocycles. The fourth-order valence-corrected chi connectivity index (χ4v) is 4.30. The Morgan fingerprint density at radius 2 is 1.95 bits per heavy atom. The molecule has 1 spiro atoms. The molecule has 5 heteroatoms. The molecule has 2 aliphatic rings. The van der Waals surface area contributed by atoms with Gasteiger partial charge < -0.3 is 10.6 Å². The zero-order valence-corrected chi connectivity index (χ0v) is 12.8. The van der Waals surface area contributed by atoms with E-state index in [1.165, 1.54) is 56.3 Å². The minimum atomic E-state index is 0.0895. The van der Waals surface area contributed by atoms with Crippen LogP contribution in [0.4, 0.5) is 0 Å². The Morgan fingerprint density at radius 1 is 1.25 bits per heavy atom. The summed E-state index contributed by atoms with van der Waals surface area (Å²) in [4.78, 5) is 18.7. The first-order valence-corrected chi connectivity index (χ1v) is 8.54. The Labute approximate surface area is 124 Å². The van der Waals surface area contributed by atoms with Gasteiger partial charge in [0.25, 0.3) is 5.91 Å². The van der Waals surface area contributed by atoms with Crippen LogP contribution in [0.5, 0.6) is 0 Å². The van der Waals surface area contributed by atoms with Gasteiger partial charge in [0.15, 0.2) is 0 Å². The minimum absolute atomic E-state index is 0.0895. The maximum absolute atomic E-state index is 12.4. The van der Waals surface area contributed by atoms with Crippen LogP contribution in [-0.2, 0) is 6.54 Å². The lowest BCUT2D eigenvalue weighted by atomic mass is 9.68. The molecule has 1 aromatic rings. The van der Waals surface area contributed by atoms with Gasteiger partial charge in [-0.3, -0.25) is 4.79 Å². The minimum Gasteiger partial charge on any atom is -0.337 e. The van der Waals surface area contributed by atoms with E-state index in [9.17, 15) is 4.79 Å². The number of carbonyl (C=O) groups excluding carboxylic acids is 1. The van der Waals surface area contributed by atoms with Crippen molar-refractivity contribution in [3.63, 3.8) is 0 Å². The Bertz CT molecular complexity index is 469. The van der Waals surface area contributed by atoms with E-state index in [1.807, 2.05) is 10.3 Å².